The highest BCUT2D eigenvalue weighted by Gasteiger charge is 2.18. The molecule has 3 N–H and O–H groups in total. The van der Waals surface area contributed by atoms with Gasteiger partial charge in [0.2, 0.25) is 5.91 Å². The zero-order valence-corrected chi connectivity index (χ0v) is 26.1. The molecular weight excluding hydrogens is 514 g/mol. The van der Waals surface area contributed by atoms with E-state index in [-0.39, 0.29) is 5.91 Å². The maximum Gasteiger partial charge on any atom is 0.326 e. The number of carbonyl (C=O) groups excluding carboxylic acids is 1. The summed E-state index contributed by atoms with van der Waals surface area (Å²) in [4.78, 5) is 32.0. The van der Waals surface area contributed by atoms with E-state index in [9.17, 15) is 14.4 Å². The van der Waals surface area contributed by atoms with Gasteiger partial charge in [0.15, 0.2) is 0 Å². The number of allylic oxidation sites excluding steroid dienone is 2. The molecule has 41 heavy (non-hydrogen) atoms. The van der Waals surface area contributed by atoms with E-state index in [1.165, 1.54) is 116 Å². The molecule has 0 radical (unpaired) electrons. The van der Waals surface area contributed by atoms with Crippen LogP contribution in [0, 0.1) is 0 Å². The molecule has 1 unspecified atom stereocenters. The van der Waals surface area contributed by atoms with Crippen molar-refractivity contribution in [3.8, 4) is 0 Å². The normalized spacial score (nSPS) is 11.6. The summed E-state index contributed by atoms with van der Waals surface area (Å²) >= 11 is 0. The fraction of sp³-hybridized carbons (Fsp3) is 0.686. The molecule has 0 aliphatic rings. The minimum absolute atomic E-state index is 0.301. The smallest absolute Gasteiger partial charge is 0.326 e. The van der Waals surface area contributed by atoms with Crippen LogP contribution in [-0.4, -0.2) is 34.1 Å². The number of hydrogen-bond acceptors (Lipinski definition) is 3. The molecule has 0 aromatic heterocycles. The van der Waals surface area contributed by atoms with Crippen molar-refractivity contribution in [2.24, 2.45) is 0 Å². The highest BCUT2D eigenvalue weighted by Crippen LogP contribution is 2.13. The maximum atomic E-state index is 10.8. The van der Waals surface area contributed by atoms with Crippen LogP contribution in [0.5, 0.6) is 0 Å². The van der Waals surface area contributed by atoms with Gasteiger partial charge in [-0.05, 0) is 37.7 Å². The van der Waals surface area contributed by atoms with Gasteiger partial charge in [0.05, 0.1) is 0 Å². The van der Waals surface area contributed by atoms with Gasteiger partial charge in [-0.3, -0.25) is 9.59 Å². The molecule has 0 spiro atoms. The Hall–Kier alpha value is -2.63. The average molecular weight is 574 g/mol. The lowest BCUT2D eigenvalue weighted by molar-refractivity contribution is -0.141. The van der Waals surface area contributed by atoms with Crippen molar-refractivity contribution in [2.75, 3.05) is 0 Å². The lowest BCUT2D eigenvalue weighted by Crippen LogP contribution is -2.41. The second-order valence-electron chi connectivity index (χ2n) is 11.1. The van der Waals surface area contributed by atoms with E-state index in [0.717, 1.165) is 18.4 Å². The van der Waals surface area contributed by atoms with Gasteiger partial charge >= 0.3 is 11.9 Å². The van der Waals surface area contributed by atoms with Gasteiger partial charge in [-0.25, -0.2) is 4.79 Å². The van der Waals surface area contributed by atoms with Gasteiger partial charge in [-0.2, -0.15) is 0 Å². The molecule has 6 heteroatoms. The monoisotopic (exact) mass is 573 g/mol. The van der Waals surface area contributed by atoms with Crippen LogP contribution >= 0.6 is 0 Å². The largest absolute Gasteiger partial charge is 0.481 e. The van der Waals surface area contributed by atoms with Crippen LogP contribution in [0.1, 0.15) is 148 Å². The van der Waals surface area contributed by atoms with Crippen molar-refractivity contribution in [3.05, 3.63) is 48.0 Å². The van der Waals surface area contributed by atoms with Gasteiger partial charge in [-0.15, -0.1) is 0 Å². The van der Waals surface area contributed by atoms with E-state index < -0.39 is 18.0 Å². The molecule has 0 saturated heterocycles. The molecule has 1 atom stereocenters. The van der Waals surface area contributed by atoms with Crippen molar-refractivity contribution in [1.29, 1.82) is 0 Å². The van der Waals surface area contributed by atoms with Crippen LogP contribution in [0.3, 0.4) is 0 Å². The Morgan fingerprint density at radius 3 is 1.54 bits per heavy atom. The summed E-state index contributed by atoms with van der Waals surface area (Å²) in [5, 5.41) is 19.8. The molecule has 0 saturated carbocycles. The highest BCUT2D eigenvalue weighted by atomic mass is 16.4. The van der Waals surface area contributed by atoms with Gasteiger partial charge in [0, 0.05) is 19.8 Å². The van der Waals surface area contributed by atoms with Gasteiger partial charge in [0.25, 0.3) is 0 Å². The zero-order valence-electron chi connectivity index (χ0n) is 26.1. The summed E-state index contributed by atoms with van der Waals surface area (Å²) in [5.41, 5.74) is 0.888. The number of carboxylic acids is 2. The predicted octanol–water partition coefficient (Wildman–Crippen LogP) is 9.27. The first-order valence-corrected chi connectivity index (χ1v) is 16.3. The minimum Gasteiger partial charge on any atom is -0.481 e. The number of carbonyl (C=O) groups is 3. The van der Waals surface area contributed by atoms with Crippen LogP contribution in [0.4, 0.5) is 0 Å². The van der Waals surface area contributed by atoms with Gasteiger partial charge in [-0.1, -0.05) is 139 Å². The van der Waals surface area contributed by atoms with Gasteiger partial charge in [0.1, 0.15) is 6.04 Å². The van der Waals surface area contributed by atoms with Gasteiger partial charge < -0.3 is 15.5 Å². The van der Waals surface area contributed by atoms with Crippen molar-refractivity contribution in [2.45, 2.75) is 155 Å². The topological polar surface area (TPSA) is 104 Å². The summed E-state index contributed by atoms with van der Waals surface area (Å²) in [6.45, 7) is 3.58. The van der Waals surface area contributed by atoms with E-state index in [0.29, 0.717) is 12.8 Å². The Kier molecular flexibility index (Phi) is 27.0. The number of amides is 1. The van der Waals surface area contributed by atoms with E-state index in [2.05, 4.69) is 24.4 Å². The fourth-order valence-corrected chi connectivity index (χ4v) is 4.70. The SMILES string of the molecule is CC(=O)NC(Cc1ccccc1)C(=O)O.CCCCCCCC/C=C\CCCCCCCCCCCCCC(=O)O. The highest BCUT2D eigenvalue weighted by molar-refractivity contribution is 5.82. The first kappa shape index (κ1) is 38.4. The number of unbranched alkanes of at least 4 members (excludes halogenated alkanes) is 17. The molecule has 6 nitrogen and oxygen atoms in total. The van der Waals surface area contributed by atoms with E-state index in [4.69, 9.17) is 10.2 Å². The van der Waals surface area contributed by atoms with Crippen LogP contribution < -0.4 is 5.32 Å². The van der Waals surface area contributed by atoms with Crippen molar-refractivity contribution >= 4 is 17.8 Å². The second kappa shape index (κ2) is 28.9. The lowest BCUT2D eigenvalue weighted by atomic mass is 10.0. The predicted molar refractivity (Wildman–Crippen MR) is 170 cm³/mol. The lowest BCUT2D eigenvalue weighted by Gasteiger charge is -2.12. The Morgan fingerprint density at radius 2 is 1.12 bits per heavy atom. The van der Waals surface area contributed by atoms with Crippen LogP contribution in [0.2, 0.25) is 0 Å². The third-order valence-electron chi connectivity index (χ3n) is 7.11. The first-order valence-electron chi connectivity index (χ1n) is 16.3. The molecule has 1 aromatic carbocycles. The third kappa shape index (κ3) is 28.7. The quantitative estimate of drug-likeness (QED) is 0.0799. The number of aliphatic carboxylic acids is 2. The van der Waals surface area contributed by atoms with Crippen molar-refractivity contribution in [3.63, 3.8) is 0 Å². The minimum atomic E-state index is -1.02. The molecular formula is C35H59NO5. The van der Waals surface area contributed by atoms with Crippen molar-refractivity contribution < 1.29 is 24.6 Å². The van der Waals surface area contributed by atoms with E-state index in [1.54, 1.807) is 0 Å². The van der Waals surface area contributed by atoms with Crippen molar-refractivity contribution in [1.82, 2.24) is 5.32 Å². The van der Waals surface area contributed by atoms with Crippen LogP contribution in [0.15, 0.2) is 42.5 Å². The Bertz CT molecular complexity index is 793. The molecule has 0 heterocycles. The summed E-state index contributed by atoms with van der Waals surface area (Å²) in [5.74, 6) is -2.01. The molecule has 234 valence electrons. The Balaban J connectivity index is 0.000000897. The third-order valence-corrected chi connectivity index (χ3v) is 7.11. The number of hydrogen-bond donors (Lipinski definition) is 3. The summed E-state index contributed by atoms with van der Waals surface area (Å²) in [6, 6.07) is 8.34. The molecule has 0 bridgehead atoms. The summed E-state index contributed by atoms with van der Waals surface area (Å²) < 4.78 is 0. The fourth-order valence-electron chi connectivity index (χ4n) is 4.70. The first-order chi connectivity index (χ1) is 19.9. The summed E-state index contributed by atoms with van der Waals surface area (Å²) in [7, 11) is 0. The van der Waals surface area contributed by atoms with Crippen LogP contribution in [-0.2, 0) is 20.8 Å². The molecule has 1 amide bonds. The maximum absolute atomic E-state index is 10.8. The number of nitrogens with one attached hydrogen (secondary N) is 1. The molecule has 0 aliphatic heterocycles. The molecule has 0 fully saturated rings. The number of rotatable bonds is 25. The molecule has 0 aliphatic carbocycles. The number of benzene rings is 1. The molecule has 1 rings (SSSR count). The van der Waals surface area contributed by atoms with E-state index in [1.807, 2.05) is 30.3 Å². The number of carboxylic acid groups (broad SMARTS) is 2. The van der Waals surface area contributed by atoms with Crippen LogP contribution in [0.25, 0.3) is 0 Å². The zero-order chi connectivity index (χ0) is 30.4. The Morgan fingerprint density at radius 1 is 0.683 bits per heavy atom. The average Bonchev–Trinajstić information content (AvgIpc) is 2.94. The molecule has 1 aromatic rings. The second-order valence-corrected chi connectivity index (χ2v) is 11.1. The van der Waals surface area contributed by atoms with E-state index >= 15 is 0 Å². The Labute approximate surface area is 250 Å². The summed E-state index contributed by atoms with van der Waals surface area (Å²) in [6.07, 6.45) is 30.4. The standard InChI is InChI=1S/C24H46O2.C11H13NO3/c1-2-3-4-5-6-7-8-9-10-11-12-13-14-15-16-17-18-19-20-21-22-23-24(25)26;1-8(13)12-10(11(14)15)7-9-5-3-2-4-6-9/h9-10H,2-8,11-23H2,1H3,(H,25,26);2-6,10H,7H2,1H3,(H,12,13)(H,14,15)/b10-9-;.